The van der Waals surface area contributed by atoms with Crippen LogP contribution in [-0.4, -0.2) is 171 Å². The van der Waals surface area contributed by atoms with Crippen LogP contribution in [0, 0.1) is 0 Å². The molecular formula is C15H36O15. The van der Waals surface area contributed by atoms with E-state index in [1.165, 1.54) is 0 Å². The van der Waals surface area contributed by atoms with Crippen molar-refractivity contribution in [2.45, 2.75) is 54.9 Å². The van der Waals surface area contributed by atoms with E-state index in [0.29, 0.717) is 0 Å². The second-order valence-corrected chi connectivity index (χ2v) is 5.97. The summed E-state index contributed by atoms with van der Waals surface area (Å²) < 4.78 is 0. The van der Waals surface area contributed by atoms with E-state index in [1.807, 2.05) is 0 Å². The van der Waals surface area contributed by atoms with Crippen molar-refractivity contribution in [2.75, 3.05) is 39.6 Å². The monoisotopic (exact) mass is 456 g/mol. The molecule has 0 bridgehead atoms. The summed E-state index contributed by atoms with van der Waals surface area (Å²) in [4.78, 5) is 0. The Labute approximate surface area is 172 Å². The number of aliphatic hydroxyl groups excluding tert-OH is 15. The molecule has 6 unspecified atom stereocenters. The van der Waals surface area contributed by atoms with Crippen LogP contribution in [0.25, 0.3) is 0 Å². The SMILES string of the molecule is OCC(O)C(O)C(O)CO.OCC(O)C(O)C(O)CO.OCC(O)C(O)C(O)CO. The van der Waals surface area contributed by atoms with Crippen LogP contribution < -0.4 is 0 Å². The first-order valence-electron chi connectivity index (χ1n) is 8.67. The van der Waals surface area contributed by atoms with Gasteiger partial charge in [0.25, 0.3) is 0 Å². The lowest BCUT2D eigenvalue weighted by atomic mass is 10.1. The molecule has 0 aromatic rings. The van der Waals surface area contributed by atoms with Crippen molar-refractivity contribution in [3.8, 4) is 0 Å². The van der Waals surface area contributed by atoms with Crippen LogP contribution in [0.5, 0.6) is 0 Å². The highest BCUT2D eigenvalue weighted by molar-refractivity contribution is 4.74. The lowest BCUT2D eigenvalue weighted by Crippen LogP contribution is -2.41. The molecule has 0 saturated heterocycles. The summed E-state index contributed by atoms with van der Waals surface area (Å²) >= 11 is 0. The van der Waals surface area contributed by atoms with E-state index in [-0.39, 0.29) is 0 Å². The standard InChI is InChI=1S/3C5H12O5/c3*6-1-3(8)5(10)4(9)2-7/h3*3-10H,1-2H2. The third-order valence-corrected chi connectivity index (χ3v) is 3.49. The number of hydrogen-bond donors (Lipinski definition) is 15. The van der Waals surface area contributed by atoms with Gasteiger partial charge in [0.15, 0.2) is 0 Å². The fourth-order valence-electron chi connectivity index (χ4n) is 1.42. The summed E-state index contributed by atoms with van der Waals surface area (Å²) in [6.45, 7) is -3.84. The van der Waals surface area contributed by atoms with Gasteiger partial charge in [-0.2, -0.15) is 0 Å². The molecule has 0 amide bonds. The number of rotatable bonds is 12. The molecule has 0 saturated carbocycles. The number of aliphatic hydroxyl groups is 15. The van der Waals surface area contributed by atoms with Gasteiger partial charge >= 0.3 is 0 Å². The molecule has 0 radical (unpaired) electrons. The minimum absolute atomic E-state index is 0.641. The predicted molar refractivity (Wildman–Crippen MR) is 96.6 cm³/mol. The van der Waals surface area contributed by atoms with Gasteiger partial charge in [0, 0.05) is 0 Å². The van der Waals surface area contributed by atoms with E-state index in [0.717, 1.165) is 0 Å². The van der Waals surface area contributed by atoms with Crippen molar-refractivity contribution < 1.29 is 76.6 Å². The second-order valence-electron chi connectivity index (χ2n) is 5.97. The van der Waals surface area contributed by atoms with E-state index >= 15 is 0 Å². The topological polar surface area (TPSA) is 303 Å². The van der Waals surface area contributed by atoms with Crippen molar-refractivity contribution in [1.82, 2.24) is 0 Å². The van der Waals surface area contributed by atoms with Crippen LogP contribution in [0.15, 0.2) is 0 Å². The first-order chi connectivity index (χ1) is 13.9. The van der Waals surface area contributed by atoms with Crippen LogP contribution in [0.1, 0.15) is 0 Å². The van der Waals surface area contributed by atoms with E-state index in [2.05, 4.69) is 0 Å². The van der Waals surface area contributed by atoms with Gasteiger partial charge in [0.05, 0.1) is 39.6 Å². The second kappa shape index (κ2) is 20.3. The average molecular weight is 456 g/mol. The Morgan fingerprint density at radius 2 is 0.367 bits per heavy atom. The van der Waals surface area contributed by atoms with Crippen LogP contribution in [-0.2, 0) is 0 Å². The molecule has 0 heterocycles. The van der Waals surface area contributed by atoms with Gasteiger partial charge in [-0.15, -0.1) is 0 Å². The minimum atomic E-state index is -1.49. The molecule has 0 aliphatic carbocycles. The molecular weight excluding hydrogens is 420 g/mol. The molecule has 0 aromatic carbocycles. The van der Waals surface area contributed by atoms with Crippen molar-refractivity contribution in [2.24, 2.45) is 0 Å². The summed E-state index contributed by atoms with van der Waals surface area (Å²) in [7, 11) is 0. The Balaban J connectivity index is -0.000000364. The quantitative estimate of drug-likeness (QED) is 0.130. The zero-order chi connectivity index (χ0) is 24.4. The highest BCUT2D eigenvalue weighted by atomic mass is 16.4. The summed E-state index contributed by atoms with van der Waals surface area (Å²) in [5.74, 6) is 0. The smallest absolute Gasteiger partial charge is 0.110 e. The molecule has 30 heavy (non-hydrogen) atoms. The van der Waals surface area contributed by atoms with Gasteiger partial charge in [-0.3, -0.25) is 0 Å². The van der Waals surface area contributed by atoms with Crippen molar-refractivity contribution >= 4 is 0 Å². The fourth-order valence-corrected chi connectivity index (χ4v) is 1.42. The lowest BCUT2D eigenvalue weighted by Gasteiger charge is -2.19. The molecule has 0 aliphatic heterocycles. The van der Waals surface area contributed by atoms with E-state index in [4.69, 9.17) is 76.6 Å². The van der Waals surface area contributed by atoms with Crippen LogP contribution in [0.4, 0.5) is 0 Å². The molecule has 6 atom stereocenters. The van der Waals surface area contributed by atoms with Gasteiger partial charge in [0.1, 0.15) is 54.9 Å². The normalized spacial score (nSPS) is 20.1. The van der Waals surface area contributed by atoms with Crippen molar-refractivity contribution in [3.63, 3.8) is 0 Å². The Morgan fingerprint density at radius 1 is 0.267 bits per heavy atom. The zero-order valence-corrected chi connectivity index (χ0v) is 16.1. The maximum absolute atomic E-state index is 8.77. The minimum Gasteiger partial charge on any atom is -0.394 e. The van der Waals surface area contributed by atoms with Crippen molar-refractivity contribution in [3.05, 3.63) is 0 Å². The summed E-state index contributed by atoms with van der Waals surface area (Å²) in [6.07, 6.45) is -12.9. The summed E-state index contributed by atoms with van der Waals surface area (Å²) in [5, 5.41) is 128. The van der Waals surface area contributed by atoms with E-state index < -0.39 is 94.6 Å². The number of hydrogen-bond acceptors (Lipinski definition) is 15. The molecule has 0 fully saturated rings. The molecule has 0 spiro atoms. The summed E-state index contributed by atoms with van der Waals surface area (Å²) in [6, 6.07) is 0. The zero-order valence-electron chi connectivity index (χ0n) is 16.1. The molecule has 0 rings (SSSR count). The predicted octanol–water partition coefficient (Wildman–Crippen LogP) is -8.84. The molecule has 0 aromatic heterocycles. The Kier molecular flexibility index (Phi) is 23.0. The molecule has 15 nitrogen and oxygen atoms in total. The van der Waals surface area contributed by atoms with Crippen LogP contribution in [0.3, 0.4) is 0 Å². The largest absolute Gasteiger partial charge is 0.394 e. The van der Waals surface area contributed by atoms with E-state index in [1.54, 1.807) is 0 Å². The Morgan fingerprint density at radius 3 is 0.433 bits per heavy atom. The maximum Gasteiger partial charge on any atom is 0.110 e. The first-order valence-corrected chi connectivity index (χ1v) is 8.67. The van der Waals surface area contributed by atoms with E-state index in [9.17, 15) is 0 Å². The molecule has 15 heteroatoms. The van der Waals surface area contributed by atoms with Gasteiger partial charge in [0.2, 0.25) is 0 Å². The highest BCUT2D eigenvalue weighted by Gasteiger charge is 2.24. The van der Waals surface area contributed by atoms with Gasteiger partial charge in [-0.05, 0) is 0 Å². The van der Waals surface area contributed by atoms with Crippen LogP contribution in [0.2, 0.25) is 0 Å². The van der Waals surface area contributed by atoms with Gasteiger partial charge < -0.3 is 76.6 Å². The maximum atomic E-state index is 8.77. The molecule has 15 N–H and O–H groups in total. The highest BCUT2D eigenvalue weighted by Crippen LogP contribution is 1.99. The lowest BCUT2D eigenvalue weighted by molar-refractivity contribution is -0.0900. The molecule has 186 valence electrons. The molecule has 0 aliphatic rings. The first kappa shape index (κ1) is 34.0. The van der Waals surface area contributed by atoms with Crippen molar-refractivity contribution in [1.29, 1.82) is 0 Å². The Bertz CT molecular complexity index is 281. The third kappa shape index (κ3) is 15.2. The van der Waals surface area contributed by atoms with Gasteiger partial charge in [-0.25, -0.2) is 0 Å². The third-order valence-electron chi connectivity index (χ3n) is 3.49. The summed E-state index contributed by atoms with van der Waals surface area (Å²) in [5.41, 5.74) is 0. The van der Waals surface area contributed by atoms with Gasteiger partial charge in [-0.1, -0.05) is 0 Å². The van der Waals surface area contributed by atoms with Crippen LogP contribution >= 0.6 is 0 Å². The Hall–Kier alpha value is -0.600. The average Bonchev–Trinajstić information content (AvgIpc) is 2.79. The fraction of sp³-hybridized carbons (Fsp3) is 1.00.